The number of anilines is 1. The van der Waals surface area contributed by atoms with Crippen LogP contribution in [0.2, 0.25) is 0 Å². The molecular formula is C18H21N3O3. The highest BCUT2D eigenvalue weighted by Gasteiger charge is 2.29. The summed E-state index contributed by atoms with van der Waals surface area (Å²) in [5.41, 5.74) is 2.01. The molecule has 1 aliphatic carbocycles. The van der Waals surface area contributed by atoms with Crippen LogP contribution in [0.4, 0.5) is 5.69 Å². The minimum absolute atomic E-state index is 0.0851. The zero-order valence-corrected chi connectivity index (χ0v) is 13.8. The van der Waals surface area contributed by atoms with E-state index in [1.54, 1.807) is 0 Å². The summed E-state index contributed by atoms with van der Waals surface area (Å²) < 4.78 is 5.19. The van der Waals surface area contributed by atoms with Gasteiger partial charge in [-0.15, -0.1) is 0 Å². The average molecular weight is 327 g/mol. The van der Waals surface area contributed by atoms with Gasteiger partial charge in [0.15, 0.2) is 11.6 Å². The van der Waals surface area contributed by atoms with Gasteiger partial charge in [0.2, 0.25) is 5.91 Å². The topological polar surface area (TPSA) is 84.2 Å². The summed E-state index contributed by atoms with van der Waals surface area (Å²) in [5.74, 6) is 0.542. The highest BCUT2D eigenvalue weighted by Crippen LogP contribution is 2.30. The van der Waals surface area contributed by atoms with Crippen LogP contribution < -0.4 is 10.6 Å². The lowest BCUT2D eigenvalue weighted by Gasteiger charge is -2.14. The van der Waals surface area contributed by atoms with Crippen molar-refractivity contribution in [2.45, 2.75) is 39.2 Å². The van der Waals surface area contributed by atoms with Gasteiger partial charge in [-0.1, -0.05) is 19.1 Å². The van der Waals surface area contributed by atoms with E-state index in [0.29, 0.717) is 12.3 Å². The Kier molecular flexibility index (Phi) is 4.64. The third-order valence-corrected chi connectivity index (χ3v) is 4.06. The summed E-state index contributed by atoms with van der Waals surface area (Å²) in [6, 6.07) is 7.32. The van der Waals surface area contributed by atoms with Crippen molar-refractivity contribution in [3.63, 3.8) is 0 Å². The number of aromatic nitrogens is 1. The Morgan fingerprint density at radius 3 is 2.58 bits per heavy atom. The second-order valence-corrected chi connectivity index (χ2v) is 6.06. The number of rotatable bonds is 6. The normalized spacial score (nSPS) is 14.9. The molecule has 3 rings (SSSR count). The summed E-state index contributed by atoms with van der Waals surface area (Å²) >= 11 is 0. The average Bonchev–Trinajstić information content (AvgIpc) is 3.32. The standard InChI is InChI=1S/C18H21N3O3/c1-3-16-21-15(10-24-16)18(23)19-11(2)12-6-8-14(9-7-12)20-17(22)13-4-5-13/h6-11,13H,3-5H2,1-2H3,(H,19,23)(H,20,22)/t11-/m1/s1. The van der Waals surface area contributed by atoms with Crippen LogP contribution in [-0.2, 0) is 11.2 Å². The van der Waals surface area contributed by atoms with Gasteiger partial charge in [0, 0.05) is 18.0 Å². The monoisotopic (exact) mass is 327 g/mol. The molecule has 1 aliphatic rings. The Morgan fingerprint density at radius 1 is 1.29 bits per heavy atom. The van der Waals surface area contributed by atoms with Crippen LogP contribution in [0.15, 0.2) is 34.9 Å². The van der Waals surface area contributed by atoms with E-state index in [4.69, 9.17) is 4.42 Å². The van der Waals surface area contributed by atoms with E-state index >= 15 is 0 Å². The predicted octanol–water partition coefficient (Wildman–Crippen LogP) is 3.08. The van der Waals surface area contributed by atoms with Gasteiger partial charge < -0.3 is 15.1 Å². The summed E-state index contributed by atoms with van der Waals surface area (Å²) in [5, 5.41) is 5.79. The quantitative estimate of drug-likeness (QED) is 0.854. The summed E-state index contributed by atoms with van der Waals surface area (Å²) in [4.78, 5) is 28.0. The predicted molar refractivity (Wildman–Crippen MR) is 89.6 cm³/mol. The van der Waals surface area contributed by atoms with Crippen molar-refractivity contribution in [1.29, 1.82) is 0 Å². The lowest BCUT2D eigenvalue weighted by Crippen LogP contribution is -2.27. The SMILES string of the molecule is CCc1nc(C(=O)N[C@H](C)c2ccc(NC(=O)C3CC3)cc2)co1. The maximum Gasteiger partial charge on any atom is 0.273 e. The molecule has 6 heteroatoms. The van der Waals surface area contributed by atoms with E-state index in [0.717, 1.165) is 24.1 Å². The van der Waals surface area contributed by atoms with Crippen LogP contribution in [-0.4, -0.2) is 16.8 Å². The van der Waals surface area contributed by atoms with Crippen molar-refractivity contribution in [2.75, 3.05) is 5.32 Å². The number of oxazole rings is 1. The molecule has 0 saturated heterocycles. The Morgan fingerprint density at radius 2 is 2.00 bits per heavy atom. The van der Waals surface area contributed by atoms with Crippen molar-refractivity contribution in [3.8, 4) is 0 Å². The van der Waals surface area contributed by atoms with E-state index in [2.05, 4.69) is 15.6 Å². The molecule has 0 bridgehead atoms. The van der Waals surface area contributed by atoms with Gasteiger partial charge >= 0.3 is 0 Å². The number of carbonyl (C=O) groups excluding carboxylic acids is 2. The van der Waals surface area contributed by atoms with E-state index in [-0.39, 0.29) is 29.5 Å². The molecule has 1 heterocycles. The van der Waals surface area contributed by atoms with Gasteiger partial charge in [-0.2, -0.15) is 0 Å². The first-order valence-corrected chi connectivity index (χ1v) is 8.23. The third kappa shape index (κ3) is 3.82. The van der Waals surface area contributed by atoms with Crippen LogP contribution in [0, 0.1) is 5.92 Å². The molecule has 126 valence electrons. The summed E-state index contributed by atoms with van der Waals surface area (Å²) in [6.07, 6.45) is 3.98. The fourth-order valence-electron chi connectivity index (χ4n) is 2.38. The molecule has 1 saturated carbocycles. The van der Waals surface area contributed by atoms with Crippen molar-refractivity contribution < 1.29 is 14.0 Å². The minimum Gasteiger partial charge on any atom is -0.448 e. The van der Waals surface area contributed by atoms with Gasteiger partial charge in [-0.3, -0.25) is 9.59 Å². The molecule has 0 radical (unpaired) electrons. The van der Waals surface area contributed by atoms with Crippen LogP contribution in [0.5, 0.6) is 0 Å². The van der Waals surface area contributed by atoms with Crippen LogP contribution in [0.1, 0.15) is 54.7 Å². The van der Waals surface area contributed by atoms with Gasteiger partial charge in [-0.05, 0) is 37.5 Å². The first-order valence-electron chi connectivity index (χ1n) is 8.23. The van der Waals surface area contributed by atoms with Gasteiger partial charge in [-0.25, -0.2) is 4.98 Å². The molecule has 1 atom stereocenters. The molecule has 24 heavy (non-hydrogen) atoms. The fourth-order valence-corrected chi connectivity index (χ4v) is 2.38. The maximum absolute atomic E-state index is 12.2. The number of benzene rings is 1. The smallest absolute Gasteiger partial charge is 0.273 e. The largest absolute Gasteiger partial charge is 0.448 e. The summed E-state index contributed by atoms with van der Waals surface area (Å²) in [6.45, 7) is 3.82. The molecule has 2 N–H and O–H groups in total. The molecule has 0 aliphatic heterocycles. The molecule has 0 unspecified atom stereocenters. The minimum atomic E-state index is -0.267. The highest BCUT2D eigenvalue weighted by atomic mass is 16.3. The fraction of sp³-hybridized carbons (Fsp3) is 0.389. The van der Waals surface area contributed by atoms with E-state index in [1.165, 1.54) is 6.26 Å². The number of hydrogen-bond acceptors (Lipinski definition) is 4. The second kappa shape index (κ2) is 6.86. The lowest BCUT2D eigenvalue weighted by molar-refractivity contribution is -0.117. The Hall–Kier alpha value is -2.63. The molecule has 6 nitrogen and oxygen atoms in total. The molecule has 1 aromatic carbocycles. The number of hydrogen-bond donors (Lipinski definition) is 2. The second-order valence-electron chi connectivity index (χ2n) is 6.06. The van der Waals surface area contributed by atoms with E-state index in [1.807, 2.05) is 38.1 Å². The number of aryl methyl sites for hydroxylation is 1. The number of amides is 2. The van der Waals surface area contributed by atoms with Crippen LogP contribution >= 0.6 is 0 Å². The Balaban J connectivity index is 1.58. The maximum atomic E-state index is 12.2. The van der Waals surface area contributed by atoms with Crippen molar-refractivity contribution in [3.05, 3.63) is 47.7 Å². The number of carbonyl (C=O) groups is 2. The van der Waals surface area contributed by atoms with Crippen molar-refractivity contribution in [2.24, 2.45) is 5.92 Å². The van der Waals surface area contributed by atoms with Gasteiger partial charge in [0.05, 0.1) is 6.04 Å². The first-order chi connectivity index (χ1) is 11.6. The first kappa shape index (κ1) is 16.2. The number of nitrogens with one attached hydrogen (secondary N) is 2. The lowest BCUT2D eigenvalue weighted by atomic mass is 10.1. The van der Waals surface area contributed by atoms with Crippen molar-refractivity contribution in [1.82, 2.24) is 10.3 Å². The van der Waals surface area contributed by atoms with Crippen LogP contribution in [0.3, 0.4) is 0 Å². The highest BCUT2D eigenvalue weighted by molar-refractivity contribution is 5.94. The Labute approximate surface area is 140 Å². The van der Waals surface area contributed by atoms with Crippen LogP contribution in [0.25, 0.3) is 0 Å². The van der Waals surface area contributed by atoms with Gasteiger partial charge in [0.25, 0.3) is 5.91 Å². The molecule has 2 amide bonds. The van der Waals surface area contributed by atoms with E-state index < -0.39 is 0 Å². The van der Waals surface area contributed by atoms with Crippen molar-refractivity contribution >= 4 is 17.5 Å². The molecular weight excluding hydrogens is 306 g/mol. The Bertz CT molecular complexity index is 732. The molecule has 1 aromatic heterocycles. The molecule has 2 aromatic rings. The molecule has 0 spiro atoms. The third-order valence-electron chi connectivity index (χ3n) is 4.06. The zero-order valence-electron chi connectivity index (χ0n) is 13.8. The summed E-state index contributed by atoms with van der Waals surface area (Å²) in [7, 11) is 0. The molecule has 1 fully saturated rings. The van der Waals surface area contributed by atoms with Gasteiger partial charge in [0.1, 0.15) is 6.26 Å². The number of nitrogens with zero attached hydrogens (tertiary/aromatic N) is 1. The van der Waals surface area contributed by atoms with E-state index in [9.17, 15) is 9.59 Å². The zero-order chi connectivity index (χ0) is 17.1.